The van der Waals surface area contributed by atoms with Crippen molar-refractivity contribution in [2.24, 2.45) is 5.92 Å². The molecule has 244 valence electrons. The summed E-state index contributed by atoms with van der Waals surface area (Å²) in [6.45, 7) is 7.96. The summed E-state index contributed by atoms with van der Waals surface area (Å²) in [6.07, 6.45) is 3.50. The third kappa shape index (κ3) is 5.68. The second kappa shape index (κ2) is 13.2. The lowest BCUT2D eigenvalue weighted by Gasteiger charge is -2.32. The minimum absolute atomic E-state index is 0.0659. The number of amides is 3. The van der Waals surface area contributed by atoms with E-state index in [1.54, 1.807) is 46.2 Å². The number of nitrogens with one attached hydrogen (secondary N) is 3. The van der Waals surface area contributed by atoms with Crippen molar-refractivity contribution >= 4 is 56.4 Å². The average molecular weight is 685 g/mol. The van der Waals surface area contributed by atoms with Crippen molar-refractivity contribution in [3.63, 3.8) is 0 Å². The highest BCUT2D eigenvalue weighted by atomic mass is 35.5. The van der Waals surface area contributed by atoms with Gasteiger partial charge in [0.15, 0.2) is 5.54 Å². The molecule has 9 nitrogen and oxygen atoms in total. The van der Waals surface area contributed by atoms with Crippen LogP contribution in [0.25, 0.3) is 0 Å². The molecule has 0 aromatic heterocycles. The summed E-state index contributed by atoms with van der Waals surface area (Å²) in [5.74, 6) is 0.0912. The van der Waals surface area contributed by atoms with E-state index in [4.69, 9.17) is 23.2 Å². The molecular weight excluding hydrogens is 645 g/mol. The van der Waals surface area contributed by atoms with Crippen LogP contribution in [0.2, 0.25) is 10.0 Å². The van der Waals surface area contributed by atoms with E-state index in [-0.39, 0.29) is 26.5 Å². The maximum absolute atomic E-state index is 14.4. The van der Waals surface area contributed by atoms with Gasteiger partial charge in [0.25, 0.3) is 5.91 Å². The number of sulfone groups is 1. The zero-order chi connectivity index (χ0) is 32.6. The Bertz CT molecular complexity index is 1780. The van der Waals surface area contributed by atoms with Crippen LogP contribution >= 0.6 is 23.2 Å². The second-order valence-electron chi connectivity index (χ2n) is 12.1. The second-order valence-corrected chi connectivity index (χ2v) is 14.8. The van der Waals surface area contributed by atoms with Crippen molar-refractivity contribution in [1.82, 2.24) is 15.5 Å². The molecule has 0 saturated carbocycles. The zero-order valence-corrected chi connectivity index (χ0v) is 28.4. The molecule has 1 saturated heterocycles. The monoisotopic (exact) mass is 683 g/mol. The molecule has 1 fully saturated rings. The van der Waals surface area contributed by atoms with Crippen LogP contribution in [0.1, 0.15) is 49.8 Å². The summed E-state index contributed by atoms with van der Waals surface area (Å²) in [5.41, 5.74) is 1.16. The number of hydrogen-bond donors (Lipinski definition) is 3. The fourth-order valence-corrected chi connectivity index (χ4v) is 9.09. The SMILES string of the molecule is CCN(CC)C(=O)N1CCc2cc(S(=O)(=O)c3cc(Cl)cc4c3NC(=O)C4(NCCC3CCNCC3)c3ccccc3Cl)ccc21. The largest absolute Gasteiger partial charge is 0.325 e. The van der Waals surface area contributed by atoms with Gasteiger partial charge in [0.2, 0.25) is 9.84 Å². The molecule has 12 heteroatoms. The highest BCUT2D eigenvalue weighted by molar-refractivity contribution is 7.91. The third-order valence-electron chi connectivity index (χ3n) is 9.54. The van der Waals surface area contributed by atoms with Gasteiger partial charge in [-0.3, -0.25) is 15.0 Å². The van der Waals surface area contributed by atoms with Crippen LogP contribution in [-0.4, -0.2) is 64.5 Å². The molecule has 0 radical (unpaired) electrons. The predicted molar refractivity (Wildman–Crippen MR) is 182 cm³/mol. The predicted octanol–water partition coefficient (Wildman–Crippen LogP) is 5.83. The van der Waals surface area contributed by atoms with E-state index in [1.165, 1.54) is 12.1 Å². The molecule has 1 unspecified atom stereocenters. The number of carbonyl (C=O) groups is 2. The number of hydrogen-bond acceptors (Lipinski definition) is 6. The highest BCUT2D eigenvalue weighted by Crippen LogP contribution is 2.48. The first-order valence-corrected chi connectivity index (χ1v) is 18.2. The molecule has 3 aromatic rings. The lowest BCUT2D eigenvalue weighted by atomic mass is 9.83. The van der Waals surface area contributed by atoms with Gasteiger partial charge in [-0.1, -0.05) is 41.4 Å². The van der Waals surface area contributed by atoms with Gasteiger partial charge in [-0.2, -0.15) is 0 Å². The van der Waals surface area contributed by atoms with E-state index in [2.05, 4.69) is 16.0 Å². The Balaban J connectivity index is 1.40. The molecule has 3 aliphatic heterocycles. The van der Waals surface area contributed by atoms with Crippen molar-refractivity contribution in [3.8, 4) is 0 Å². The third-order valence-corrected chi connectivity index (χ3v) is 11.9. The van der Waals surface area contributed by atoms with Gasteiger partial charge in [0.1, 0.15) is 0 Å². The summed E-state index contributed by atoms with van der Waals surface area (Å²) in [6, 6.07) is 14.9. The topological polar surface area (TPSA) is 111 Å². The number of halogens is 2. The van der Waals surface area contributed by atoms with Crippen molar-refractivity contribution in [3.05, 3.63) is 81.3 Å². The molecule has 3 aliphatic rings. The molecule has 6 rings (SSSR count). The molecule has 1 atom stereocenters. The maximum atomic E-state index is 14.4. The number of fused-ring (bicyclic) bond motifs is 2. The normalized spacial score (nSPS) is 19.6. The molecule has 0 aliphatic carbocycles. The number of urea groups is 1. The molecule has 46 heavy (non-hydrogen) atoms. The van der Waals surface area contributed by atoms with Gasteiger partial charge >= 0.3 is 6.03 Å². The van der Waals surface area contributed by atoms with Crippen molar-refractivity contribution in [1.29, 1.82) is 0 Å². The first-order chi connectivity index (χ1) is 22.1. The Morgan fingerprint density at radius 3 is 2.50 bits per heavy atom. The lowest BCUT2D eigenvalue weighted by molar-refractivity contribution is -0.120. The van der Waals surface area contributed by atoms with Crippen LogP contribution in [0.4, 0.5) is 16.2 Å². The maximum Gasteiger partial charge on any atom is 0.324 e. The highest BCUT2D eigenvalue weighted by Gasteiger charge is 2.51. The molecule has 3 heterocycles. The first kappa shape index (κ1) is 32.8. The van der Waals surface area contributed by atoms with E-state index < -0.39 is 21.3 Å². The number of carbonyl (C=O) groups excluding carboxylic acids is 2. The lowest BCUT2D eigenvalue weighted by Crippen LogP contribution is -2.50. The van der Waals surface area contributed by atoms with Gasteiger partial charge in [0.05, 0.1) is 15.5 Å². The fraction of sp³-hybridized carbons (Fsp3) is 0.412. The van der Waals surface area contributed by atoms with Crippen molar-refractivity contribution < 1.29 is 18.0 Å². The Labute approximate surface area is 280 Å². The van der Waals surface area contributed by atoms with Gasteiger partial charge in [0, 0.05) is 46.5 Å². The van der Waals surface area contributed by atoms with E-state index in [0.29, 0.717) is 60.4 Å². The Hall–Kier alpha value is -3.15. The van der Waals surface area contributed by atoms with E-state index in [9.17, 15) is 18.0 Å². The number of anilines is 2. The Morgan fingerprint density at radius 2 is 1.78 bits per heavy atom. The van der Waals surface area contributed by atoms with Gasteiger partial charge < -0.3 is 15.5 Å². The Kier molecular flexibility index (Phi) is 9.38. The summed E-state index contributed by atoms with van der Waals surface area (Å²) >= 11 is 13.4. The fourth-order valence-electron chi connectivity index (χ4n) is 7.02. The number of rotatable bonds is 9. The molecule has 3 amide bonds. The molecule has 0 spiro atoms. The molecular formula is C34H39Cl2N5O4S. The smallest absolute Gasteiger partial charge is 0.324 e. The number of piperidine rings is 1. The van der Waals surface area contributed by atoms with Crippen molar-refractivity contribution in [2.75, 3.05) is 49.5 Å². The van der Waals surface area contributed by atoms with E-state index in [1.807, 2.05) is 19.9 Å². The van der Waals surface area contributed by atoms with Crippen LogP contribution in [0, 0.1) is 5.92 Å². The van der Waals surface area contributed by atoms with E-state index >= 15 is 0 Å². The van der Waals surface area contributed by atoms with Gasteiger partial charge in [-0.25, -0.2) is 13.2 Å². The number of nitrogens with zero attached hydrogens (tertiary/aromatic N) is 2. The summed E-state index contributed by atoms with van der Waals surface area (Å²) in [5, 5.41) is 10.4. The van der Waals surface area contributed by atoms with E-state index in [0.717, 1.165) is 37.9 Å². The van der Waals surface area contributed by atoms with Crippen LogP contribution in [0.3, 0.4) is 0 Å². The average Bonchev–Trinajstić information content (AvgIpc) is 3.60. The summed E-state index contributed by atoms with van der Waals surface area (Å²) in [7, 11) is -4.16. The summed E-state index contributed by atoms with van der Waals surface area (Å²) < 4.78 is 28.7. The van der Waals surface area contributed by atoms with Crippen LogP contribution < -0.4 is 20.9 Å². The van der Waals surface area contributed by atoms with Crippen molar-refractivity contribution in [2.45, 2.75) is 54.9 Å². The van der Waals surface area contributed by atoms with Gasteiger partial charge in [-0.15, -0.1) is 0 Å². The Morgan fingerprint density at radius 1 is 1.04 bits per heavy atom. The quantitative estimate of drug-likeness (QED) is 0.262. The van der Waals surface area contributed by atoms with Crippen LogP contribution in [-0.2, 0) is 26.6 Å². The minimum Gasteiger partial charge on any atom is -0.325 e. The molecule has 0 bridgehead atoms. The standard InChI is InChI=1S/C34H39Cl2N5O4S/c1-3-40(4-2)33(43)41-18-14-23-19-25(9-10-29(23)41)46(44,45)30-21-24(35)20-27-31(30)39-32(42)34(27,26-7-5-6-8-28(26)36)38-17-13-22-11-15-37-16-12-22/h5-10,19-22,37-38H,3-4,11-18H2,1-2H3,(H,39,42). The van der Waals surface area contributed by atoms with Crippen LogP contribution in [0.15, 0.2) is 64.4 Å². The van der Waals surface area contributed by atoms with Gasteiger partial charge in [-0.05, 0) is 107 Å². The molecule has 3 aromatic carbocycles. The number of benzene rings is 3. The summed E-state index contributed by atoms with van der Waals surface area (Å²) in [4.78, 5) is 30.7. The zero-order valence-electron chi connectivity index (χ0n) is 26.0. The molecule has 3 N–H and O–H groups in total. The van der Waals surface area contributed by atoms with Crippen LogP contribution in [0.5, 0.6) is 0 Å². The minimum atomic E-state index is -4.16. The first-order valence-electron chi connectivity index (χ1n) is 15.9.